The van der Waals surface area contributed by atoms with Crippen LogP contribution in [0.1, 0.15) is 6.42 Å². The van der Waals surface area contributed by atoms with Crippen LogP contribution in [0, 0.1) is 0 Å². The average Bonchev–Trinajstić information content (AvgIpc) is 1.86. The van der Waals surface area contributed by atoms with E-state index in [2.05, 4.69) is 18.2 Å². The molecule has 0 saturated heterocycles. The van der Waals surface area contributed by atoms with Crippen LogP contribution in [-0.2, 0) is 21.1 Å². The molecule has 0 aromatic heterocycles. The first-order valence-corrected chi connectivity index (χ1v) is 3.55. The summed E-state index contributed by atoms with van der Waals surface area (Å²) in [6.45, 7) is 0. The Morgan fingerprint density at radius 1 is 1.22 bits per heavy atom. The summed E-state index contributed by atoms with van der Waals surface area (Å²) in [5.74, 6) is 0. The quantitative estimate of drug-likeness (QED) is 0.406. The molecule has 0 atom stereocenters. The van der Waals surface area contributed by atoms with Gasteiger partial charge in [-0.15, -0.1) is 0 Å². The van der Waals surface area contributed by atoms with Crippen LogP contribution in [-0.4, -0.2) is 0 Å². The van der Waals surface area contributed by atoms with E-state index in [1.807, 2.05) is 0 Å². The molecule has 0 spiro atoms. The Labute approximate surface area is 86.3 Å². The molecule has 0 nitrogen and oxygen atoms in total. The van der Waals surface area contributed by atoms with Crippen LogP contribution < -0.4 is 37.2 Å². The first-order chi connectivity index (χ1) is 2.89. The van der Waals surface area contributed by atoms with Crippen LogP contribution in [0.4, 0.5) is 0 Å². The van der Waals surface area contributed by atoms with Crippen molar-refractivity contribution >= 4 is 0 Å². The molecule has 4 heteroatoms. The van der Waals surface area contributed by atoms with E-state index in [0.29, 0.717) is 0 Å². The zero-order chi connectivity index (χ0) is 4.41. The van der Waals surface area contributed by atoms with Crippen molar-refractivity contribution in [2.75, 3.05) is 0 Å². The van der Waals surface area contributed by atoms with E-state index >= 15 is 0 Å². The minimum absolute atomic E-state index is 0. The minimum atomic E-state index is 0. The van der Waals surface area contributed by atoms with Crippen LogP contribution in [0.25, 0.3) is 0 Å². The molecule has 51 valence electrons. The summed E-state index contributed by atoms with van der Waals surface area (Å²) in [4.78, 5) is 0. The van der Waals surface area contributed by atoms with Gasteiger partial charge in [0, 0.05) is 0 Å². The van der Waals surface area contributed by atoms with E-state index in [-0.39, 0.29) is 37.2 Å². The van der Waals surface area contributed by atoms with Crippen molar-refractivity contribution in [3.63, 3.8) is 0 Å². The van der Waals surface area contributed by atoms with Crippen molar-refractivity contribution in [2.45, 2.75) is 6.42 Å². The molecule has 0 aromatic carbocycles. The van der Waals surface area contributed by atoms with Crippen LogP contribution in [0.2, 0.25) is 0 Å². The van der Waals surface area contributed by atoms with Gasteiger partial charge in [-0.05, 0) is 0 Å². The standard InChI is InChI=1S/C5H5.3ClH.Ta/c1-2-4-5-3-1;;;;/h1-3H,4H2;3*1H;/q;;;;+3/p-3. The Morgan fingerprint density at radius 2 is 1.78 bits per heavy atom. The molecule has 0 aliphatic heterocycles. The second-order valence-electron chi connectivity index (χ2n) is 1.29. The second-order valence-corrected chi connectivity index (χ2v) is 3.35. The molecular formula is C5H5Cl3Ta. The second kappa shape index (κ2) is 9.09. The van der Waals surface area contributed by atoms with Gasteiger partial charge in [-0.1, -0.05) is 0 Å². The topological polar surface area (TPSA) is 0 Å². The van der Waals surface area contributed by atoms with E-state index < -0.39 is 0 Å². The van der Waals surface area contributed by atoms with Gasteiger partial charge in [0.25, 0.3) is 0 Å². The molecular weight excluding hydrogens is 347 g/mol. The number of halogens is 3. The molecule has 1 aliphatic rings. The molecule has 9 heavy (non-hydrogen) atoms. The molecule has 0 amide bonds. The van der Waals surface area contributed by atoms with Crippen molar-refractivity contribution in [3.05, 3.63) is 22.0 Å². The summed E-state index contributed by atoms with van der Waals surface area (Å²) in [7, 11) is 0. The first-order valence-electron chi connectivity index (χ1n) is 1.94. The van der Waals surface area contributed by atoms with Gasteiger partial charge in [-0.3, -0.25) is 0 Å². The van der Waals surface area contributed by atoms with Crippen LogP contribution >= 0.6 is 0 Å². The van der Waals surface area contributed by atoms with E-state index in [1.54, 1.807) is 3.79 Å². The maximum absolute atomic E-state index is 2.19. The Balaban J connectivity index is -0.000000120. The fourth-order valence-corrected chi connectivity index (χ4v) is 1.12. The summed E-state index contributed by atoms with van der Waals surface area (Å²) in [5.41, 5.74) is 0. The monoisotopic (exact) mass is 351 g/mol. The third-order valence-corrected chi connectivity index (χ3v) is 1.94. The van der Waals surface area contributed by atoms with Gasteiger partial charge < -0.3 is 37.2 Å². The summed E-state index contributed by atoms with van der Waals surface area (Å²) in [6, 6.07) is 0. The van der Waals surface area contributed by atoms with Gasteiger partial charge in [0.05, 0.1) is 0 Å². The zero-order valence-corrected chi connectivity index (χ0v) is 10.0. The van der Waals surface area contributed by atoms with Gasteiger partial charge in [-0.2, -0.15) is 0 Å². The van der Waals surface area contributed by atoms with Crippen LogP contribution in [0.3, 0.4) is 0 Å². The predicted octanol–water partition coefficient (Wildman–Crippen LogP) is -7.61. The van der Waals surface area contributed by atoms with E-state index in [0.717, 1.165) is 0 Å². The molecule has 0 bridgehead atoms. The normalized spacial score (nSPS) is 12.4. The average molecular weight is 352 g/mol. The van der Waals surface area contributed by atoms with E-state index in [9.17, 15) is 0 Å². The van der Waals surface area contributed by atoms with E-state index in [1.165, 1.54) is 27.5 Å². The van der Waals surface area contributed by atoms with Gasteiger partial charge in [0.15, 0.2) is 0 Å². The number of hydrogen-bond acceptors (Lipinski definition) is 0. The number of allylic oxidation sites excluding steroid dienone is 4. The van der Waals surface area contributed by atoms with Crippen molar-refractivity contribution in [2.24, 2.45) is 0 Å². The Bertz CT molecular complexity index is 109. The van der Waals surface area contributed by atoms with Crippen molar-refractivity contribution in [1.82, 2.24) is 0 Å². The van der Waals surface area contributed by atoms with Crippen molar-refractivity contribution in [3.8, 4) is 0 Å². The third kappa shape index (κ3) is 6.98. The van der Waals surface area contributed by atoms with Gasteiger partial charge in [0.2, 0.25) is 0 Å². The van der Waals surface area contributed by atoms with Crippen LogP contribution in [0.15, 0.2) is 22.0 Å². The fraction of sp³-hybridized carbons (Fsp3) is 0.200. The molecule has 1 aliphatic carbocycles. The molecule has 0 unspecified atom stereocenters. The zero-order valence-electron chi connectivity index (χ0n) is 4.52. The van der Waals surface area contributed by atoms with Gasteiger partial charge in [0.1, 0.15) is 0 Å². The molecule has 0 radical (unpaired) electrons. The molecule has 0 fully saturated rings. The van der Waals surface area contributed by atoms with Crippen molar-refractivity contribution in [1.29, 1.82) is 0 Å². The molecule has 0 aromatic rings. The Kier molecular flexibility index (Phi) is 16.8. The number of hydrogen-bond donors (Lipinski definition) is 0. The summed E-state index contributed by atoms with van der Waals surface area (Å²) in [6.07, 6.45) is 7.71. The predicted molar refractivity (Wildman–Crippen MR) is 21.8 cm³/mol. The van der Waals surface area contributed by atoms with Crippen LogP contribution in [0.5, 0.6) is 0 Å². The van der Waals surface area contributed by atoms with Gasteiger partial charge >= 0.3 is 49.5 Å². The fourth-order valence-electron chi connectivity index (χ4n) is 0.436. The van der Waals surface area contributed by atoms with E-state index in [4.69, 9.17) is 0 Å². The van der Waals surface area contributed by atoms with Gasteiger partial charge in [-0.25, -0.2) is 0 Å². The van der Waals surface area contributed by atoms with Crippen molar-refractivity contribution < 1.29 is 58.3 Å². The maximum atomic E-state index is 2.19. The SMILES string of the molecule is [Cl-].[Cl-].[Cl-].[Ta+3][C]1=CC=CC1. The first kappa shape index (κ1) is 16.6. The Morgan fingerprint density at radius 3 is 1.89 bits per heavy atom. The molecule has 0 heterocycles. The Hall–Kier alpha value is 1.09. The molecule has 0 N–H and O–H groups in total. The molecule has 1 rings (SSSR count). The summed E-state index contributed by atoms with van der Waals surface area (Å²) in [5, 5.41) is 0. The molecule has 0 saturated carbocycles. The summed E-state index contributed by atoms with van der Waals surface area (Å²) < 4.78 is 1.58. The number of rotatable bonds is 0. The summed E-state index contributed by atoms with van der Waals surface area (Å²) >= 11 is 1.43. The third-order valence-electron chi connectivity index (χ3n) is 0.752.